The summed E-state index contributed by atoms with van der Waals surface area (Å²) in [6.07, 6.45) is 5.53. The van der Waals surface area contributed by atoms with Gasteiger partial charge in [-0.3, -0.25) is 9.97 Å². The van der Waals surface area contributed by atoms with Gasteiger partial charge in [-0.1, -0.05) is 115 Å². The van der Waals surface area contributed by atoms with Crippen molar-refractivity contribution in [3.05, 3.63) is 188 Å². The van der Waals surface area contributed by atoms with Crippen LogP contribution in [0.25, 0.3) is 99.1 Å². The van der Waals surface area contributed by atoms with Crippen LogP contribution < -0.4 is 0 Å². The molecule has 0 aliphatic rings. The molecule has 10 rings (SSSR count). The smallest absolute Gasteiger partial charge is 0.0716 e. The van der Waals surface area contributed by atoms with E-state index in [1.807, 2.05) is 42.9 Å². The zero-order chi connectivity index (χ0) is 34.4. The zero-order valence-electron chi connectivity index (χ0n) is 28.2. The minimum absolute atomic E-state index is 0.911. The minimum atomic E-state index is 0.911. The van der Waals surface area contributed by atoms with Gasteiger partial charge in [0, 0.05) is 35.1 Å². The van der Waals surface area contributed by atoms with Crippen LogP contribution in [0.15, 0.2) is 188 Å². The summed E-state index contributed by atoms with van der Waals surface area (Å²) < 4.78 is 0. The topological polar surface area (TPSA) is 38.7 Å². The molecule has 10 aromatic rings. The van der Waals surface area contributed by atoms with E-state index < -0.39 is 0 Å². The molecule has 0 saturated heterocycles. The number of nitrogens with zero attached hydrogens (tertiary/aromatic N) is 3. The van der Waals surface area contributed by atoms with Crippen LogP contribution >= 0.6 is 0 Å². The number of benzene rings is 7. The van der Waals surface area contributed by atoms with E-state index in [4.69, 9.17) is 9.97 Å². The molecule has 3 aromatic heterocycles. The second-order valence-corrected chi connectivity index (χ2v) is 13.3. The maximum Gasteiger partial charge on any atom is 0.0716 e. The highest BCUT2D eigenvalue weighted by atomic mass is 14.7. The van der Waals surface area contributed by atoms with E-state index in [0.717, 1.165) is 55.7 Å². The number of hydrogen-bond donors (Lipinski definition) is 0. The van der Waals surface area contributed by atoms with Crippen LogP contribution in [0.3, 0.4) is 0 Å². The first-order valence-electron chi connectivity index (χ1n) is 17.6. The lowest BCUT2D eigenvalue weighted by Crippen LogP contribution is -1.92. The predicted molar refractivity (Wildman–Crippen MR) is 217 cm³/mol. The lowest BCUT2D eigenvalue weighted by molar-refractivity contribution is 1.30. The standard InChI is InChI=1S/C49H31N3/c1-2-15-41-39(13-1)40-14-3-4-16-42(40)45-29-36(19-20-43(41)45)34-10-7-9-33(27-34)35-11-8-12-38(28-35)48-31-46(44-17-5-6-18-47(44)52-48)49-30-37(23-26-51-49)32-21-24-50-25-22-32/h1-31H. The van der Waals surface area contributed by atoms with Gasteiger partial charge in [-0.2, -0.15) is 0 Å². The summed E-state index contributed by atoms with van der Waals surface area (Å²) in [7, 11) is 0. The molecule has 0 atom stereocenters. The van der Waals surface area contributed by atoms with Crippen LogP contribution in [0.2, 0.25) is 0 Å². The number of pyridine rings is 3. The van der Waals surface area contributed by atoms with Crippen molar-refractivity contribution < 1.29 is 0 Å². The molecule has 0 unspecified atom stereocenters. The van der Waals surface area contributed by atoms with Gasteiger partial charge in [0.1, 0.15) is 0 Å². The largest absolute Gasteiger partial charge is 0.265 e. The Morgan fingerprint density at radius 3 is 1.50 bits per heavy atom. The molecular formula is C49H31N3. The van der Waals surface area contributed by atoms with Crippen molar-refractivity contribution in [2.24, 2.45) is 0 Å². The van der Waals surface area contributed by atoms with Gasteiger partial charge in [0.25, 0.3) is 0 Å². The molecule has 0 fully saturated rings. The summed E-state index contributed by atoms with van der Waals surface area (Å²) in [5, 5.41) is 8.78. The van der Waals surface area contributed by atoms with Crippen molar-refractivity contribution in [3.63, 3.8) is 0 Å². The van der Waals surface area contributed by atoms with Crippen LogP contribution in [0, 0.1) is 0 Å². The van der Waals surface area contributed by atoms with E-state index in [2.05, 4.69) is 151 Å². The summed E-state index contributed by atoms with van der Waals surface area (Å²) >= 11 is 0. The third kappa shape index (κ3) is 5.19. The van der Waals surface area contributed by atoms with Gasteiger partial charge >= 0.3 is 0 Å². The first kappa shape index (κ1) is 29.9. The molecule has 0 aliphatic heterocycles. The Morgan fingerprint density at radius 1 is 0.288 bits per heavy atom. The molecule has 3 heteroatoms. The van der Waals surface area contributed by atoms with Crippen molar-refractivity contribution in [3.8, 4) is 55.9 Å². The van der Waals surface area contributed by atoms with Crippen LogP contribution in [0.4, 0.5) is 0 Å². The molecule has 7 aromatic carbocycles. The molecule has 3 heterocycles. The Morgan fingerprint density at radius 2 is 0.808 bits per heavy atom. The first-order chi connectivity index (χ1) is 25.8. The summed E-state index contributed by atoms with van der Waals surface area (Å²) in [5.74, 6) is 0. The SMILES string of the molecule is c1cc(-c2cccc(-c3cc(-c4cc(-c5ccncc5)ccn4)c4ccccc4n3)c2)cc(-c2ccc3c4ccccc4c4ccccc4c3c2)c1. The quantitative estimate of drug-likeness (QED) is 0.172. The number of fused-ring (bicyclic) bond motifs is 7. The molecule has 0 amide bonds. The second-order valence-electron chi connectivity index (χ2n) is 13.3. The number of hydrogen-bond acceptors (Lipinski definition) is 3. The van der Waals surface area contributed by atoms with Crippen molar-refractivity contribution in [2.75, 3.05) is 0 Å². The predicted octanol–water partition coefficient (Wildman–Crippen LogP) is 12.8. The maximum absolute atomic E-state index is 5.15. The second kappa shape index (κ2) is 12.4. The normalized spacial score (nSPS) is 11.5. The molecule has 242 valence electrons. The Kier molecular flexibility index (Phi) is 7.14. The first-order valence-corrected chi connectivity index (χ1v) is 17.6. The molecule has 0 aliphatic carbocycles. The third-order valence-corrected chi connectivity index (χ3v) is 10.2. The Hall–Kier alpha value is -6.97. The van der Waals surface area contributed by atoms with E-state index >= 15 is 0 Å². The van der Waals surface area contributed by atoms with Crippen molar-refractivity contribution in [1.82, 2.24) is 15.0 Å². The van der Waals surface area contributed by atoms with E-state index in [1.165, 1.54) is 43.4 Å². The monoisotopic (exact) mass is 661 g/mol. The summed E-state index contributed by atoms with van der Waals surface area (Å²) in [5.41, 5.74) is 11.8. The van der Waals surface area contributed by atoms with Crippen LogP contribution in [-0.4, -0.2) is 15.0 Å². The lowest BCUT2D eigenvalue weighted by atomic mass is 9.91. The maximum atomic E-state index is 5.15. The van der Waals surface area contributed by atoms with Crippen LogP contribution in [-0.2, 0) is 0 Å². The van der Waals surface area contributed by atoms with E-state index in [1.54, 1.807) is 0 Å². The Balaban J connectivity index is 1.06. The van der Waals surface area contributed by atoms with E-state index in [9.17, 15) is 0 Å². The lowest BCUT2D eigenvalue weighted by Gasteiger charge is -2.13. The average molecular weight is 662 g/mol. The number of rotatable bonds is 5. The average Bonchev–Trinajstić information content (AvgIpc) is 3.23. The fourth-order valence-electron chi connectivity index (χ4n) is 7.66. The van der Waals surface area contributed by atoms with Gasteiger partial charge in [-0.25, -0.2) is 4.98 Å². The summed E-state index contributed by atoms with van der Waals surface area (Å²) in [4.78, 5) is 14.2. The van der Waals surface area contributed by atoms with Gasteiger partial charge < -0.3 is 0 Å². The van der Waals surface area contributed by atoms with Crippen molar-refractivity contribution in [2.45, 2.75) is 0 Å². The Labute approximate surface area is 301 Å². The highest BCUT2D eigenvalue weighted by Crippen LogP contribution is 2.38. The van der Waals surface area contributed by atoms with Crippen molar-refractivity contribution in [1.29, 1.82) is 0 Å². The zero-order valence-corrected chi connectivity index (χ0v) is 28.2. The van der Waals surface area contributed by atoms with Gasteiger partial charge in [-0.05, 0) is 120 Å². The minimum Gasteiger partial charge on any atom is -0.265 e. The molecule has 0 radical (unpaired) electrons. The van der Waals surface area contributed by atoms with Crippen molar-refractivity contribution >= 4 is 43.2 Å². The molecule has 0 N–H and O–H groups in total. The highest BCUT2D eigenvalue weighted by molar-refractivity contribution is 6.25. The molecule has 52 heavy (non-hydrogen) atoms. The summed E-state index contributed by atoms with van der Waals surface area (Å²) in [6.45, 7) is 0. The van der Waals surface area contributed by atoms with E-state index in [-0.39, 0.29) is 0 Å². The van der Waals surface area contributed by atoms with Gasteiger partial charge in [0.05, 0.1) is 16.9 Å². The fourth-order valence-corrected chi connectivity index (χ4v) is 7.66. The number of aromatic nitrogens is 3. The Bertz CT molecular complexity index is 2930. The third-order valence-electron chi connectivity index (χ3n) is 10.2. The van der Waals surface area contributed by atoms with Gasteiger partial charge in [-0.15, -0.1) is 0 Å². The molecule has 0 bridgehead atoms. The van der Waals surface area contributed by atoms with E-state index in [0.29, 0.717) is 0 Å². The molecular weight excluding hydrogens is 631 g/mol. The number of para-hydroxylation sites is 1. The summed E-state index contributed by atoms with van der Waals surface area (Å²) in [6, 6.07) is 60.7. The fraction of sp³-hybridized carbons (Fsp3) is 0. The van der Waals surface area contributed by atoms with Crippen LogP contribution in [0.1, 0.15) is 0 Å². The molecule has 3 nitrogen and oxygen atoms in total. The van der Waals surface area contributed by atoms with Crippen LogP contribution in [0.5, 0.6) is 0 Å². The molecule has 0 spiro atoms. The van der Waals surface area contributed by atoms with Gasteiger partial charge in [0.2, 0.25) is 0 Å². The van der Waals surface area contributed by atoms with Gasteiger partial charge in [0.15, 0.2) is 0 Å². The highest BCUT2D eigenvalue weighted by Gasteiger charge is 2.14. The molecule has 0 saturated carbocycles.